The van der Waals surface area contributed by atoms with E-state index >= 15 is 0 Å². The van der Waals surface area contributed by atoms with E-state index in [1.807, 2.05) is 42.6 Å². The van der Waals surface area contributed by atoms with Crippen LogP contribution in [-0.4, -0.2) is 26.4 Å². The van der Waals surface area contributed by atoms with Crippen LogP contribution < -0.4 is 0 Å². The van der Waals surface area contributed by atoms with Crippen molar-refractivity contribution in [1.82, 2.24) is 19.9 Å². The molecule has 0 N–H and O–H groups in total. The molecular formula is C19H16N4O2. The molecule has 1 aliphatic heterocycles. The minimum atomic E-state index is 0.649. The van der Waals surface area contributed by atoms with Crippen LogP contribution >= 0.6 is 0 Å². The second-order valence-electron chi connectivity index (χ2n) is 6.18. The average molecular weight is 332 g/mol. The molecule has 4 heterocycles. The maximum absolute atomic E-state index is 5.83. The third-order valence-corrected chi connectivity index (χ3v) is 4.45. The summed E-state index contributed by atoms with van der Waals surface area (Å²) in [6, 6.07) is 11.6. The zero-order chi connectivity index (χ0) is 16.6. The molecule has 0 atom stereocenters. The van der Waals surface area contributed by atoms with E-state index in [2.05, 4.69) is 19.9 Å². The first-order valence-corrected chi connectivity index (χ1v) is 8.31. The summed E-state index contributed by atoms with van der Waals surface area (Å²) in [6.07, 6.45) is 4.42. The lowest BCUT2D eigenvalue weighted by Gasteiger charge is -2.26. The van der Waals surface area contributed by atoms with Gasteiger partial charge in [0, 0.05) is 31.3 Å². The Hall–Kier alpha value is -2.99. The molecule has 0 radical (unpaired) electrons. The van der Waals surface area contributed by atoms with E-state index in [1.54, 1.807) is 6.26 Å². The second-order valence-corrected chi connectivity index (χ2v) is 6.18. The molecule has 0 fully saturated rings. The molecule has 4 aromatic rings. The standard InChI is InChI=1S/C19H16N4O2/c1-2-5-16-15(4-1)21-18(25-16)12-23-8-7-14-13(11-23)10-20-19(22-14)17-6-3-9-24-17/h1-6,9-10H,7-8,11-12H2. The fraction of sp³-hybridized carbons (Fsp3) is 0.211. The van der Waals surface area contributed by atoms with Crippen LogP contribution in [0.1, 0.15) is 17.1 Å². The summed E-state index contributed by atoms with van der Waals surface area (Å²) in [5.74, 6) is 2.10. The highest BCUT2D eigenvalue weighted by Gasteiger charge is 2.21. The van der Waals surface area contributed by atoms with E-state index in [0.717, 1.165) is 47.8 Å². The van der Waals surface area contributed by atoms with Crippen LogP contribution in [0.2, 0.25) is 0 Å². The third kappa shape index (κ3) is 2.70. The number of benzene rings is 1. The van der Waals surface area contributed by atoms with Crippen molar-refractivity contribution in [3.63, 3.8) is 0 Å². The molecule has 0 saturated carbocycles. The van der Waals surface area contributed by atoms with Crippen LogP contribution in [0.25, 0.3) is 22.7 Å². The molecule has 0 bridgehead atoms. The lowest BCUT2D eigenvalue weighted by Crippen LogP contribution is -2.31. The van der Waals surface area contributed by atoms with Crippen molar-refractivity contribution >= 4 is 11.1 Å². The first-order valence-electron chi connectivity index (χ1n) is 8.31. The first kappa shape index (κ1) is 14.4. The zero-order valence-electron chi connectivity index (χ0n) is 13.6. The molecule has 5 rings (SSSR count). The van der Waals surface area contributed by atoms with Gasteiger partial charge in [-0.2, -0.15) is 0 Å². The maximum atomic E-state index is 5.83. The van der Waals surface area contributed by atoms with Gasteiger partial charge in [-0.05, 0) is 24.3 Å². The summed E-state index contributed by atoms with van der Waals surface area (Å²) in [7, 11) is 0. The fourth-order valence-corrected chi connectivity index (χ4v) is 3.21. The van der Waals surface area contributed by atoms with E-state index in [4.69, 9.17) is 8.83 Å². The van der Waals surface area contributed by atoms with E-state index < -0.39 is 0 Å². The third-order valence-electron chi connectivity index (χ3n) is 4.45. The van der Waals surface area contributed by atoms with Gasteiger partial charge in [-0.15, -0.1) is 0 Å². The van der Waals surface area contributed by atoms with Crippen molar-refractivity contribution < 1.29 is 8.83 Å². The first-order chi connectivity index (χ1) is 12.3. The van der Waals surface area contributed by atoms with Crippen LogP contribution in [0.3, 0.4) is 0 Å². The zero-order valence-corrected chi connectivity index (χ0v) is 13.6. The molecule has 0 spiro atoms. The van der Waals surface area contributed by atoms with E-state index in [-0.39, 0.29) is 0 Å². The maximum Gasteiger partial charge on any atom is 0.209 e. The summed E-state index contributed by atoms with van der Waals surface area (Å²) >= 11 is 0. The van der Waals surface area contributed by atoms with Gasteiger partial charge >= 0.3 is 0 Å². The number of para-hydroxylation sites is 2. The molecule has 25 heavy (non-hydrogen) atoms. The Morgan fingerprint density at radius 3 is 2.92 bits per heavy atom. The Morgan fingerprint density at radius 1 is 1.08 bits per heavy atom. The molecule has 6 heteroatoms. The van der Waals surface area contributed by atoms with Crippen molar-refractivity contribution in [2.24, 2.45) is 0 Å². The fourth-order valence-electron chi connectivity index (χ4n) is 3.21. The molecule has 0 unspecified atom stereocenters. The smallest absolute Gasteiger partial charge is 0.209 e. The number of rotatable bonds is 3. The Kier molecular flexibility index (Phi) is 3.34. The molecular weight excluding hydrogens is 316 g/mol. The molecule has 1 aliphatic rings. The van der Waals surface area contributed by atoms with Gasteiger partial charge in [0.15, 0.2) is 17.2 Å². The van der Waals surface area contributed by atoms with Crippen molar-refractivity contribution in [2.45, 2.75) is 19.5 Å². The van der Waals surface area contributed by atoms with Gasteiger partial charge in [-0.25, -0.2) is 15.0 Å². The Labute approximate surface area is 144 Å². The number of hydrogen-bond donors (Lipinski definition) is 0. The Balaban J connectivity index is 1.35. The highest BCUT2D eigenvalue weighted by molar-refractivity contribution is 5.72. The number of nitrogens with zero attached hydrogens (tertiary/aromatic N) is 4. The SMILES string of the molecule is c1coc(-c2ncc3c(n2)CCN(Cc2nc4ccccc4o2)C3)c1. The Bertz CT molecular complexity index is 990. The lowest BCUT2D eigenvalue weighted by atomic mass is 10.1. The van der Waals surface area contributed by atoms with Gasteiger partial charge in [-0.3, -0.25) is 4.90 Å². The molecule has 0 aliphatic carbocycles. The average Bonchev–Trinajstić information content (AvgIpc) is 3.30. The van der Waals surface area contributed by atoms with Crippen LogP contribution in [0, 0.1) is 0 Å². The number of oxazole rings is 1. The normalized spacial score (nSPS) is 14.7. The molecule has 3 aromatic heterocycles. The summed E-state index contributed by atoms with van der Waals surface area (Å²) in [4.78, 5) is 16.0. The molecule has 6 nitrogen and oxygen atoms in total. The van der Waals surface area contributed by atoms with Crippen LogP contribution in [0.4, 0.5) is 0 Å². The summed E-state index contributed by atoms with van der Waals surface area (Å²) < 4.78 is 11.2. The molecule has 0 amide bonds. The van der Waals surface area contributed by atoms with Crippen molar-refractivity contribution in [1.29, 1.82) is 0 Å². The summed E-state index contributed by atoms with van der Waals surface area (Å²) in [5.41, 5.74) is 3.98. The largest absolute Gasteiger partial charge is 0.461 e. The quantitative estimate of drug-likeness (QED) is 0.572. The monoisotopic (exact) mass is 332 g/mol. The van der Waals surface area contributed by atoms with Crippen molar-refractivity contribution in [2.75, 3.05) is 6.54 Å². The Morgan fingerprint density at radius 2 is 2.04 bits per heavy atom. The van der Waals surface area contributed by atoms with Crippen molar-refractivity contribution in [3.8, 4) is 11.6 Å². The van der Waals surface area contributed by atoms with Gasteiger partial charge in [-0.1, -0.05) is 12.1 Å². The number of furan rings is 1. The van der Waals surface area contributed by atoms with Gasteiger partial charge in [0.2, 0.25) is 5.89 Å². The highest BCUT2D eigenvalue weighted by Crippen LogP contribution is 2.23. The van der Waals surface area contributed by atoms with Crippen LogP contribution in [-0.2, 0) is 19.5 Å². The van der Waals surface area contributed by atoms with E-state index in [0.29, 0.717) is 18.1 Å². The van der Waals surface area contributed by atoms with Gasteiger partial charge in [0.1, 0.15) is 5.52 Å². The number of hydrogen-bond acceptors (Lipinski definition) is 6. The van der Waals surface area contributed by atoms with E-state index in [1.165, 1.54) is 0 Å². The minimum absolute atomic E-state index is 0.649. The van der Waals surface area contributed by atoms with Crippen molar-refractivity contribution in [3.05, 3.63) is 66.0 Å². The topological polar surface area (TPSA) is 68.2 Å². The second kappa shape index (κ2) is 5.82. The predicted molar refractivity (Wildman–Crippen MR) is 91.6 cm³/mol. The highest BCUT2D eigenvalue weighted by atomic mass is 16.3. The lowest BCUT2D eigenvalue weighted by molar-refractivity contribution is 0.221. The summed E-state index contributed by atoms with van der Waals surface area (Å²) in [5, 5.41) is 0. The molecule has 0 saturated heterocycles. The number of aromatic nitrogens is 3. The number of fused-ring (bicyclic) bond motifs is 2. The van der Waals surface area contributed by atoms with Crippen LogP contribution in [0.5, 0.6) is 0 Å². The molecule has 124 valence electrons. The predicted octanol–water partition coefficient (Wildman–Crippen LogP) is 3.44. The van der Waals surface area contributed by atoms with Gasteiger partial charge < -0.3 is 8.83 Å². The van der Waals surface area contributed by atoms with E-state index in [9.17, 15) is 0 Å². The van der Waals surface area contributed by atoms with Gasteiger partial charge in [0.25, 0.3) is 0 Å². The minimum Gasteiger partial charge on any atom is -0.461 e. The van der Waals surface area contributed by atoms with Crippen LogP contribution in [0.15, 0.2) is 57.7 Å². The molecule has 1 aromatic carbocycles. The van der Waals surface area contributed by atoms with Gasteiger partial charge in [0.05, 0.1) is 18.5 Å². The summed E-state index contributed by atoms with van der Waals surface area (Å²) in [6.45, 7) is 2.40.